The molecule has 3 heterocycles. The van der Waals surface area contributed by atoms with Crippen LogP contribution in [0.5, 0.6) is 11.5 Å². The molecule has 41 heavy (non-hydrogen) atoms. The number of aryl methyl sites for hydroxylation is 1. The maximum absolute atomic E-state index is 15.2. The first-order valence-electron chi connectivity index (χ1n) is 12.4. The summed E-state index contributed by atoms with van der Waals surface area (Å²) in [6, 6.07) is 6.21. The lowest BCUT2D eigenvalue weighted by molar-refractivity contribution is 0.151. The third-order valence-electron chi connectivity index (χ3n) is 6.59. The molecule has 2 aromatic carbocycles. The number of alkyl halides is 2. The van der Waals surface area contributed by atoms with E-state index in [-0.39, 0.29) is 17.0 Å². The SMILES string of the molecule is COc1cnc2c(-c3nc4cc(F)c(O[C@@H](C)[C@@H](C)N(C(=O)O)c5cnc(C)nc5)cc4s3)cc(C(F)F)cc2c1. The maximum Gasteiger partial charge on any atom is 0.412 e. The summed E-state index contributed by atoms with van der Waals surface area (Å²) in [6.07, 6.45) is -0.480. The number of rotatable bonds is 8. The lowest BCUT2D eigenvalue weighted by Gasteiger charge is -2.30. The van der Waals surface area contributed by atoms with Crippen LogP contribution in [0.25, 0.3) is 31.7 Å². The zero-order chi connectivity index (χ0) is 29.4. The van der Waals surface area contributed by atoms with Gasteiger partial charge in [-0.3, -0.25) is 9.88 Å². The van der Waals surface area contributed by atoms with Crippen LogP contribution in [0.2, 0.25) is 0 Å². The second kappa shape index (κ2) is 11.2. The first-order chi connectivity index (χ1) is 19.5. The molecule has 212 valence electrons. The molecule has 0 saturated carbocycles. The number of carbonyl (C=O) groups is 1. The fraction of sp³-hybridized carbons (Fsp3) is 0.250. The summed E-state index contributed by atoms with van der Waals surface area (Å²) in [4.78, 5) is 30.1. The summed E-state index contributed by atoms with van der Waals surface area (Å²) < 4.78 is 54.2. The lowest BCUT2D eigenvalue weighted by atomic mass is 10.1. The molecule has 0 aliphatic heterocycles. The zero-order valence-electron chi connectivity index (χ0n) is 22.3. The molecule has 9 nitrogen and oxygen atoms in total. The van der Waals surface area contributed by atoms with E-state index >= 15 is 4.39 Å². The highest BCUT2D eigenvalue weighted by atomic mass is 32.1. The number of halogens is 3. The Hall–Kier alpha value is -4.52. The Bertz CT molecular complexity index is 1750. The molecule has 2 atom stereocenters. The van der Waals surface area contributed by atoms with Gasteiger partial charge in [-0.15, -0.1) is 11.3 Å². The number of fused-ring (bicyclic) bond motifs is 2. The molecule has 13 heteroatoms. The van der Waals surface area contributed by atoms with Crippen molar-refractivity contribution in [2.45, 2.75) is 39.3 Å². The highest BCUT2D eigenvalue weighted by Gasteiger charge is 2.29. The molecule has 5 rings (SSSR count). The van der Waals surface area contributed by atoms with Crippen LogP contribution in [0.1, 0.15) is 31.7 Å². The standard InChI is InChI=1S/C28H24F3N5O4S/c1-13(36(28(37)38)18-10-32-15(3)33-11-18)14(2)40-23-9-24-22(8-21(23)29)35-27(41-24)20-7-17(26(30)31)5-16-6-19(39-4)12-34-25(16)20/h5-14,26H,1-4H3,(H,37,38)/t13-,14+/m1/s1. The maximum atomic E-state index is 15.2. The van der Waals surface area contributed by atoms with E-state index in [2.05, 4.69) is 19.9 Å². The molecule has 0 saturated heterocycles. The minimum absolute atomic E-state index is 0.105. The zero-order valence-corrected chi connectivity index (χ0v) is 23.1. The number of benzene rings is 2. The number of ether oxygens (including phenoxy) is 2. The van der Waals surface area contributed by atoms with E-state index in [0.29, 0.717) is 43.3 Å². The predicted octanol–water partition coefficient (Wildman–Crippen LogP) is 7.04. The van der Waals surface area contributed by atoms with Crippen LogP contribution in [0.15, 0.2) is 48.9 Å². The van der Waals surface area contributed by atoms with Crippen molar-refractivity contribution in [3.63, 3.8) is 0 Å². The predicted molar refractivity (Wildman–Crippen MR) is 149 cm³/mol. The molecular weight excluding hydrogens is 559 g/mol. The van der Waals surface area contributed by atoms with Crippen molar-refractivity contribution < 1.29 is 32.5 Å². The topological polar surface area (TPSA) is 111 Å². The van der Waals surface area contributed by atoms with Gasteiger partial charge in [0.05, 0.1) is 53.2 Å². The Labute approximate surface area is 236 Å². The van der Waals surface area contributed by atoms with Gasteiger partial charge in [-0.25, -0.2) is 32.9 Å². The van der Waals surface area contributed by atoms with Gasteiger partial charge in [0.25, 0.3) is 6.43 Å². The number of aromatic nitrogens is 4. The van der Waals surface area contributed by atoms with Gasteiger partial charge < -0.3 is 14.6 Å². The van der Waals surface area contributed by atoms with Gasteiger partial charge in [0.1, 0.15) is 22.7 Å². The van der Waals surface area contributed by atoms with Gasteiger partial charge in [0.15, 0.2) is 11.6 Å². The number of carboxylic acid groups (broad SMARTS) is 1. The summed E-state index contributed by atoms with van der Waals surface area (Å²) >= 11 is 1.17. The molecule has 0 spiro atoms. The van der Waals surface area contributed by atoms with Crippen molar-refractivity contribution in [2.75, 3.05) is 12.0 Å². The van der Waals surface area contributed by atoms with Crippen LogP contribution < -0.4 is 14.4 Å². The molecule has 1 amide bonds. The van der Waals surface area contributed by atoms with Gasteiger partial charge in [-0.05, 0) is 39.0 Å². The van der Waals surface area contributed by atoms with Crippen LogP contribution in [0.4, 0.5) is 23.7 Å². The molecule has 0 radical (unpaired) electrons. The van der Waals surface area contributed by atoms with E-state index in [9.17, 15) is 18.7 Å². The molecule has 0 aliphatic rings. The average molecular weight is 584 g/mol. The second-order valence-electron chi connectivity index (χ2n) is 9.29. The smallest absolute Gasteiger partial charge is 0.412 e. The Balaban J connectivity index is 1.49. The molecule has 5 aromatic rings. The van der Waals surface area contributed by atoms with E-state index in [1.165, 1.54) is 61.3 Å². The molecule has 3 aromatic heterocycles. The third kappa shape index (κ3) is 5.57. The number of hydrogen-bond acceptors (Lipinski definition) is 8. The monoisotopic (exact) mass is 583 g/mol. The molecule has 0 fully saturated rings. The normalized spacial score (nSPS) is 13.0. The van der Waals surface area contributed by atoms with E-state index in [0.717, 1.165) is 4.90 Å². The number of pyridine rings is 1. The van der Waals surface area contributed by atoms with Crippen LogP contribution >= 0.6 is 11.3 Å². The van der Waals surface area contributed by atoms with Gasteiger partial charge >= 0.3 is 6.09 Å². The highest BCUT2D eigenvalue weighted by Crippen LogP contribution is 2.39. The Kier molecular flexibility index (Phi) is 7.63. The number of hydrogen-bond donors (Lipinski definition) is 1. The first kappa shape index (κ1) is 28.0. The Morgan fingerprint density at radius 1 is 1.05 bits per heavy atom. The number of nitrogens with zero attached hydrogens (tertiary/aromatic N) is 5. The summed E-state index contributed by atoms with van der Waals surface area (Å²) in [6.45, 7) is 4.93. The Morgan fingerprint density at radius 3 is 2.44 bits per heavy atom. The van der Waals surface area contributed by atoms with Crippen molar-refractivity contribution in [3.05, 3.63) is 66.1 Å². The Morgan fingerprint density at radius 2 is 1.78 bits per heavy atom. The van der Waals surface area contributed by atoms with Gasteiger partial charge in [0, 0.05) is 28.6 Å². The fourth-order valence-corrected chi connectivity index (χ4v) is 5.32. The highest BCUT2D eigenvalue weighted by molar-refractivity contribution is 7.21. The van der Waals surface area contributed by atoms with Crippen LogP contribution in [0.3, 0.4) is 0 Å². The van der Waals surface area contributed by atoms with E-state index in [1.807, 2.05) is 0 Å². The second-order valence-corrected chi connectivity index (χ2v) is 10.3. The number of amides is 1. The van der Waals surface area contributed by atoms with Gasteiger partial charge in [0.2, 0.25) is 0 Å². The minimum atomic E-state index is -2.73. The van der Waals surface area contributed by atoms with E-state index < -0.39 is 30.5 Å². The summed E-state index contributed by atoms with van der Waals surface area (Å²) in [5.41, 5.74) is 1.18. The minimum Gasteiger partial charge on any atom is -0.495 e. The van der Waals surface area contributed by atoms with Crippen molar-refractivity contribution in [2.24, 2.45) is 0 Å². The van der Waals surface area contributed by atoms with E-state index in [4.69, 9.17) is 9.47 Å². The van der Waals surface area contributed by atoms with Crippen molar-refractivity contribution in [3.8, 4) is 22.1 Å². The summed E-state index contributed by atoms with van der Waals surface area (Å²) in [5.74, 6) is 0.0945. The van der Waals surface area contributed by atoms with Crippen molar-refractivity contribution >= 4 is 44.2 Å². The summed E-state index contributed by atoms with van der Waals surface area (Å²) in [7, 11) is 1.46. The number of anilines is 1. The first-order valence-corrected chi connectivity index (χ1v) is 13.2. The van der Waals surface area contributed by atoms with Gasteiger partial charge in [-0.1, -0.05) is 0 Å². The average Bonchev–Trinajstić information content (AvgIpc) is 3.35. The summed E-state index contributed by atoms with van der Waals surface area (Å²) in [5, 5.41) is 10.7. The number of thiazole rings is 1. The number of methoxy groups -OCH3 is 1. The molecule has 0 unspecified atom stereocenters. The quantitative estimate of drug-likeness (QED) is 0.207. The van der Waals surface area contributed by atoms with Crippen LogP contribution in [-0.2, 0) is 0 Å². The molecular formula is C28H24F3N5O4S. The molecule has 1 N–H and O–H groups in total. The fourth-order valence-electron chi connectivity index (χ4n) is 4.33. The van der Waals surface area contributed by atoms with Gasteiger partial charge in [-0.2, -0.15) is 0 Å². The molecule has 0 aliphatic carbocycles. The van der Waals surface area contributed by atoms with E-state index in [1.54, 1.807) is 26.8 Å². The molecule has 0 bridgehead atoms. The van der Waals surface area contributed by atoms with Crippen molar-refractivity contribution in [1.29, 1.82) is 0 Å². The lowest BCUT2D eigenvalue weighted by Crippen LogP contribution is -2.46. The largest absolute Gasteiger partial charge is 0.495 e. The van der Waals surface area contributed by atoms with Crippen LogP contribution in [0, 0.1) is 12.7 Å². The third-order valence-corrected chi connectivity index (χ3v) is 7.64. The van der Waals surface area contributed by atoms with Crippen molar-refractivity contribution in [1.82, 2.24) is 19.9 Å². The van der Waals surface area contributed by atoms with Crippen LogP contribution in [-0.4, -0.2) is 50.4 Å².